The Kier molecular flexibility index (Phi) is 2.16. The number of nitrogens with zero attached hydrogens (tertiary/aromatic N) is 1. The van der Waals surface area contributed by atoms with Gasteiger partial charge in [0.1, 0.15) is 0 Å². The largest absolute Gasteiger partial charge is 0.346 e. The molecule has 0 bridgehead atoms. The molecule has 2 N–H and O–H groups in total. The zero-order valence-electron chi connectivity index (χ0n) is 8.51. The standard InChI is InChI=1S/C11H18N2/c1-8-6-10(7-12)9(2)13(8)11-4-3-5-11/h6,11H,3-5,7,12H2,1-2H3. The molecule has 0 aromatic carbocycles. The van der Waals surface area contributed by atoms with Gasteiger partial charge in [0.2, 0.25) is 0 Å². The van der Waals surface area contributed by atoms with Gasteiger partial charge in [-0.3, -0.25) is 0 Å². The van der Waals surface area contributed by atoms with Crippen LogP contribution in [0.2, 0.25) is 0 Å². The van der Waals surface area contributed by atoms with E-state index in [-0.39, 0.29) is 0 Å². The van der Waals surface area contributed by atoms with Gasteiger partial charge in [0, 0.05) is 24.0 Å². The van der Waals surface area contributed by atoms with Crippen LogP contribution in [0.3, 0.4) is 0 Å². The minimum absolute atomic E-state index is 0.673. The molecule has 1 aromatic heterocycles. The van der Waals surface area contributed by atoms with Crippen molar-refractivity contribution in [1.82, 2.24) is 4.57 Å². The fourth-order valence-electron chi connectivity index (χ4n) is 2.26. The van der Waals surface area contributed by atoms with Crippen LogP contribution in [0.15, 0.2) is 6.07 Å². The summed E-state index contributed by atoms with van der Waals surface area (Å²) in [5, 5.41) is 0. The van der Waals surface area contributed by atoms with E-state index in [0.29, 0.717) is 6.54 Å². The van der Waals surface area contributed by atoms with Gasteiger partial charge in [-0.25, -0.2) is 0 Å². The second-order valence-corrected chi connectivity index (χ2v) is 4.06. The van der Waals surface area contributed by atoms with Crippen LogP contribution in [0.4, 0.5) is 0 Å². The Morgan fingerprint density at radius 1 is 1.46 bits per heavy atom. The van der Waals surface area contributed by atoms with E-state index >= 15 is 0 Å². The molecule has 2 heteroatoms. The minimum atomic E-state index is 0.673. The second kappa shape index (κ2) is 3.18. The third-order valence-electron chi connectivity index (χ3n) is 3.25. The van der Waals surface area contributed by atoms with Crippen molar-refractivity contribution in [3.05, 3.63) is 23.0 Å². The minimum Gasteiger partial charge on any atom is -0.346 e. The van der Waals surface area contributed by atoms with E-state index in [1.54, 1.807) is 0 Å². The molecule has 0 spiro atoms. The van der Waals surface area contributed by atoms with E-state index in [4.69, 9.17) is 5.73 Å². The second-order valence-electron chi connectivity index (χ2n) is 4.06. The van der Waals surface area contributed by atoms with Gasteiger partial charge in [0.25, 0.3) is 0 Å². The zero-order valence-corrected chi connectivity index (χ0v) is 8.51. The maximum atomic E-state index is 5.68. The van der Waals surface area contributed by atoms with Crippen molar-refractivity contribution < 1.29 is 0 Å². The van der Waals surface area contributed by atoms with Gasteiger partial charge in [-0.1, -0.05) is 0 Å². The maximum Gasteiger partial charge on any atom is 0.0335 e. The van der Waals surface area contributed by atoms with Crippen molar-refractivity contribution in [3.8, 4) is 0 Å². The zero-order chi connectivity index (χ0) is 9.42. The molecule has 1 aliphatic rings. The van der Waals surface area contributed by atoms with Crippen LogP contribution in [0.5, 0.6) is 0 Å². The highest BCUT2D eigenvalue weighted by Crippen LogP contribution is 2.34. The van der Waals surface area contributed by atoms with E-state index in [0.717, 1.165) is 6.04 Å². The van der Waals surface area contributed by atoms with Gasteiger partial charge in [-0.2, -0.15) is 0 Å². The van der Waals surface area contributed by atoms with Crippen LogP contribution in [0, 0.1) is 13.8 Å². The van der Waals surface area contributed by atoms with Crippen LogP contribution < -0.4 is 5.73 Å². The Balaban J connectivity index is 2.37. The molecule has 0 amide bonds. The van der Waals surface area contributed by atoms with Crippen molar-refractivity contribution in [3.63, 3.8) is 0 Å². The van der Waals surface area contributed by atoms with Gasteiger partial charge in [0.15, 0.2) is 0 Å². The molecule has 2 rings (SSSR count). The molecule has 13 heavy (non-hydrogen) atoms. The predicted molar refractivity (Wildman–Crippen MR) is 54.7 cm³/mol. The van der Waals surface area contributed by atoms with E-state index in [1.165, 1.54) is 36.2 Å². The molecular weight excluding hydrogens is 160 g/mol. The lowest BCUT2D eigenvalue weighted by molar-refractivity contribution is 0.305. The van der Waals surface area contributed by atoms with Gasteiger partial charge in [-0.15, -0.1) is 0 Å². The average molecular weight is 178 g/mol. The fourth-order valence-corrected chi connectivity index (χ4v) is 2.26. The van der Waals surface area contributed by atoms with E-state index in [2.05, 4.69) is 24.5 Å². The number of hydrogen-bond donors (Lipinski definition) is 1. The number of rotatable bonds is 2. The van der Waals surface area contributed by atoms with Crippen LogP contribution in [-0.4, -0.2) is 4.57 Å². The first-order valence-corrected chi connectivity index (χ1v) is 5.11. The maximum absolute atomic E-state index is 5.68. The van der Waals surface area contributed by atoms with E-state index in [9.17, 15) is 0 Å². The monoisotopic (exact) mass is 178 g/mol. The highest BCUT2D eigenvalue weighted by Gasteiger charge is 2.22. The lowest BCUT2D eigenvalue weighted by atomic mass is 9.92. The number of nitrogens with two attached hydrogens (primary N) is 1. The van der Waals surface area contributed by atoms with Gasteiger partial charge in [-0.05, 0) is 44.7 Å². The summed E-state index contributed by atoms with van der Waals surface area (Å²) in [5.74, 6) is 0. The molecule has 0 radical (unpaired) electrons. The van der Waals surface area contributed by atoms with E-state index < -0.39 is 0 Å². The van der Waals surface area contributed by atoms with Gasteiger partial charge < -0.3 is 10.3 Å². The number of aryl methyl sites for hydroxylation is 1. The summed E-state index contributed by atoms with van der Waals surface area (Å²) < 4.78 is 2.46. The summed E-state index contributed by atoms with van der Waals surface area (Å²) in [6.45, 7) is 5.05. The number of hydrogen-bond acceptors (Lipinski definition) is 1. The molecule has 1 fully saturated rings. The van der Waals surface area contributed by atoms with Crippen LogP contribution in [0.1, 0.15) is 42.3 Å². The Bertz CT molecular complexity index is 308. The van der Waals surface area contributed by atoms with Crippen molar-refractivity contribution in [2.24, 2.45) is 5.73 Å². The van der Waals surface area contributed by atoms with Crippen molar-refractivity contribution in [1.29, 1.82) is 0 Å². The lowest BCUT2D eigenvalue weighted by Crippen LogP contribution is -2.19. The summed E-state index contributed by atoms with van der Waals surface area (Å²) in [6.07, 6.45) is 4.08. The third kappa shape index (κ3) is 1.29. The van der Waals surface area contributed by atoms with Gasteiger partial charge >= 0.3 is 0 Å². The molecule has 1 aliphatic carbocycles. The summed E-state index contributed by atoms with van der Waals surface area (Å²) in [6, 6.07) is 2.99. The normalized spacial score (nSPS) is 17.5. The molecule has 0 atom stereocenters. The highest BCUT2D eigenvalue weighted by molar-refractivity contribution is 5.27. The summed E-state index contributed by atoms with van der Waals surface area (Å²) >= 11 is 0. The molecule has 2 nitrogen and oxygen atoms in total. The Morgan fingerprint density at radius 2 is 2.15 bits per heavy atom. The first kappa shape index (κ1) is 8.82. The van der Waals surface area contributed by atoms with Crippen molar-refractivity contribution in [2.75, 3.05) is 0 Å². The molecule has 0 unspecified atom stereocenters. The molecule has 1 heterocycles. The SMILES string of the molecule is Cc1cc(CN)c(C)n1C1CCC1. The lowest BCUT2D eigenvalue weighted by Gasteiger charge is -2.30. The Morgan fingerprint density at radius 3 is 2.54 bits per heavy atom. The average Bonchev–Trinajstić information content (AvgIpc) is 2.29. The summed E-state index contributed by atoms with van der Waals surface area (Å²) in [5.41, 5.74) is 9.75. The molecule has 72 valence electrons. The van der Waals surface area contributed by atoms with Crippen molar-refractivity contribution >= 4 is 0 Å². The van der Waals surface area contributed by atoms with E-state index in [1.807, 2.05) is 0 Å². The molecule has 0 saturated heterocycles. The van der Waals surface area contributed by atoms with Crippen LogP contribution >= 0.6 is 0 Å². The fraction of sp³-hybridized carbons (Fsp3) is 0.636. The molecule has 1 aromatic rings. The van der Waals surface area contributed by atoms with Gasteiger partial charge in [0.05, 0.1) is 0 Å². The molecule has 1 saturated carbocycles. The first-order chi connectivity index (χ1) is 6.24. The predicted octanol–water partition coefficient (Wildman–Crippen LogP) is 2.29. The Labute approximate surface area is 79.7 Å². The first-order valence-electron chi connectivity index (χ1n) is 5.11. The smallest absolute Gasteiger partial charge is 0.0335 e. The van der Waals surface area contributed by atoms with Crippen molar-refractivity contribution in [2.45, 2.75) is 45.7 Å². The Hall–Kier alpha value is -0.760. The molecule has 0 aliphatic heterocycles. The highest BCUT2D eigenvalue weighted by atomic mass is 15.0. The number of aromatic nitrogens is 1. The third-order valence-corrected chi connectivity index (χ3v) is 3.25. The van der Waals surface area contributed by atoms with Crippen LogP contribution in [-0.2, 0) is 6.54 Å². The summed E-state index contributed by atoms with van der Waals surface area (Å²) in [7, 11) is 0. The topological polar surface area (TPSA) is 30.9 Å². The summed E-state index contributed by atoms with van der Waals surface area (Å²) in [4.78, 5) is 0. The van der Waals surface area contributed by atoms with Crippen LogP contribution in [0.25, 0.3) is 0 Å². The quantitative estimate of drug-likeness (QED) is 0.740. The molecular formula is C11H18N2.